The Morgan fingerprint density at radius 1 is 1.12 bits per heavy atom. The van der Waals surface area contributed by atoms with Crippen molar-refractivity contribution in [2.75, 3.05) is 13.1 Å². The van der Waals surface area contributed by atoms with Gasteiger partial charge in [0.15, 0.2) is 0 Å². The molecule has 1 amide bonds. The fraction of sp³-hybridized carbons (Fsp3) is 0.333. The van der Waals surface area contributed by atoms with Crippen molar-refractivity contribution in [1.82, 2.24) is 4.90 Å². The number of halogens is 1. The summed E-state index contributed by atoms with van der Waals surface area (Å²) in [5.74, 6) is -0.949. The summed E-state index contributed by atoms with van der Waals surface area (Å²) in [6.07, 6.45) is 2.37. The quantitative estimate of drug-likeness (QED) is 0.904. The van der Waals surface area contributed by atoms with Crippen molar-refractivity contribution in [2.24, 2.45) is 5.92 Å². The molecule has 0 aliphatic carbocycles. The molecule has 0 spiro atoms. The second kappa shape index (κ2) is 7.68. The van der Waals surface area contributed by atoms with Crippen LogP contribution in [0.2, 0.25) is 0 Å². The molecule has 2 aromatic rings. The number of carboxylic acids is 1. The number of piperidine rings is 1. The van der Waals surface area contributed by atoms with Crippen LogP contribution in [0.3, 0.4) is 0 Å². The lowest BCUT2D eigenvalue weighted by atomic mass is 9.88. The van der Waals surface area contributed by atoms with Crippen molar-refractivity contribution >= 4 is 11.9 Å². The van der Waals surface area contributed by atoms with Crippen molar-refractivity contribution < 1.29 is 19.1 Å². The number of amides is 1. The number of aryl methyl sites for hydroxylation is 1. The fourth-order valence-electron chi connectivity index (χ4n) is 3.60. The van der Waals surface area contributed by atoms with Crippen LogP contribution in [-0.4, -0.2) is 35.0 Å². The molecule has 2 aromatic carbocycles. The number of hydrogen-bond donors (Lipinski definition) is 1. The van der Waals surface area contributed by atoms with Gasteiger partial charge >= 0.3 is 5.97 Å². The summed E-state index contributed by atoms with van der Waals surface area (Å²) in [7, 11) is 0. The number of nitrogens with zero attached hydrogens (tertiary/aromatic N) is 1. The predicted octanol–water partition coefficient (Wildman–Crippen LogP) is 3.93. The molecule has 0 saturated carbocycles. The maximum Gasteiger partial charge on any atom is 0.335 e. The minimum Gasteiger partial charge on any atom is -0.478 e. The van der Waals surface area contributed by atoms with Gasteiger partial charge in [-0.2, -0.15) is 0 Å². The van der Waals surface area contributed by atoms with Crippen molar-refractivity contribution in [3.63, 3.8) is 0 Å². The van der Waals surface area contributed by atoms with Gasteiger partial charge in [0.1, 0.15) is 5.82 Å². The van der Waals surface area contributed by atoms with E-state index in [0.29, 0.717) is 42.1 Å². The second-order valence-corrected chi connectivity index (χ2v) is 6.86. The number of carbonyl (C=O) groups is 2. The molecule has 0 radical (unpaired) electrons. The Hall–Kier alpha value is -2.69. The smallest absolute Gasteiger partial charge is 0.335 e. The van der Waals surface area contributed by atoms with Crippen LogP contribution >= 0.6 is 0 Å². The lowest BCUT2D eigenvalue weighted by molar-refractivity contribution is 0.0689. The fourth-order valence-corrected chi connectivity index (χ4v) is 3.60. The zero-order valence-electron chi connectivity index (χ0n) is 14.7. The summed E-state index contributed by atoms with van der Waals surface area (Å²) >= 11 is 0. The van der Waals surface area contributed by atoms with Crippen LogP contribution in [0.1, 0.15) is 44.7 Å². The zero-order valence-corrected chi connectivity index (χ0v) is 14.7. The Balaban J connectivity index is 1.63. The molecule has 5 heteroatoms. The molecule has 26 heavy (non-hydrogen) atoms. The highest BCUT2D eigenvalue weighted by atomic mass is 19.1. The van der Waals surface area contributed by atoms with Gasteiger partial charge in [0.2, 0.25) is 0 Å². The van der Waals surface area contributed by atoms with Crippen LogP contribution in [0.25, 0.3) is 0 Å². The summed E-state index contributed by atoms with van der Waals surface area (Å²) in [6, 6.07) is 11.3. The summed E-state index contributed by atoms with van der Waals surface area (Å²) in [4.78, 5) is 25.8. The average Bonchev–Trinajstić information content (AvgIpc) is 2.62. The molecule has 1 heterocycles. The van der Waals surface area contributed by atoms with Crippen LogP contribution in [0, 0.1) is 18.7 Å². The standard InChI is InChI=1S/C21H22FNO3/c1-14-12-17(22)6-7-18(14)20(24)23-10-8-15(9-11-23)13-16-4-2-3-5-19(16)21(25)26/h2-7,12,15H,8-11,13H2,1H3,(H,25,26). The molecule has 0 aromatic heterocycles. The first-order valence-electron chi connectivity index (χ1n) is 8.82. The highest BCUT2D eigenvalue weighted by Gasteiger charge is 2.25. The van der Waals surface area contributed by atoms with Crippen LogP contribution in [-0.2, 0) is 6.42 Å². The SMILES string of the molecule is Cc1cc(F)ccc1C(=O)N1CCC(Cc2ccccc2C(=O)O)CC1. The van der Waals surface area contributed by atoms with E-state index in [0.717, 1.165) is 18.4 Å². The lowest BCUT2D eigenvalue weighted by Crippen LogP contribution is -2.39. The molecule has 0 unspecified atom stereocenters. The van der Waals surface area contributed by atoms with Crippen molar-refractivity contribution in [3.05, 3.63) is 70.5 Å². The van der Waals surface area contributed by atoms with Gasteiger partial charge in [-0.15, -0.1) is 0 Å². The second-order valence-electron chi connectivity index (χ2n) is 6.86. The van der Waals surface area contributed by atoms with Crippen molar-refractivity contribution in [3.8, 4) is 0 Å². The molecule has 3 rings (SSSR count). The van der Waals surface area contributed by atoms with E-state index in [1.54, 1.807) is 30.0 Å². The van der Waals surface area contributed by atoms with Crippen molar-refractivity contribution in [1.29, 1.82) is 0 Å². The van der Waals surface area contributed by atoms with Gasteiger partial charge in [0.25, 0.3) is 5.91 Å². The molecular formula is C21H22FNO3. The number of aromatic carboxylic acids is 1. The van der Waals surface area contributed by atoms with Crippen LogP contribution in [0.15, 0.2) is 42.5 Å². The summed E-state index contributed by atoms with van der Waals surface area (Å²) in [5.41, 5.74) is 2.39. The summed E-state index contributed by atoms with van der Waals surface area (Å²) in [5, 5.41) is 9.30. The minimum atomic E-state index is -0.903. The first-order valence-corrected chi connectivity index (χ1v) is 8.82. The molecule has 1 aliphatic rings. The van der Waals surface area contributed by atoms with Gasteiger partial charge in [-0.3, -0.25) is 4.79 Å². The van der Waals surface area contributed by atoms with Gasteiger partial charge in [-0.05, 0) is 67.5 Å². The van der Waals surface area contributed by atoms with Gasteiger partial charge in [-0.25, -0.2) is 9.18 Å². The highest BCUT2D eigenvalue weighted by Crippen LogP contribution is 2.25. The molecule has 1 fully saturated rings. The van der Waals surface area contributed by atoms with E-state index < -0.39 is 5.97 Å². The van der Waals surface area contributed by atoms with E-state index in [9.17, 15) is 19.1 Å². The molecule has 136 valence electrons. The Morgan fingerprint density at radius 2 is 1.81 bits per heavy atom. The van der Waals surface area contributed by atoms with E-state index in [-0.39, 0.29) is 11.7 Å². The topological polar surface area (TPSA) is 57.6 Å². The molecule has 1 saturated heterocycles. The van der Waals surface area contributed by atoms with E-state index >= 15 is 0 Å². The summed E-state index contributed by atoms with van der Waals surface area (Å²) in [6.45, 7) is 3.01. The minimum absolute atomic E-state index is 0.0631. The third-order valence-electron chi connectivity index (χ3n) is 5.08. The van der Waals surface area contributed by atoms with E-state index in [1.165, 1.54) is 12.1 Å². The molecule has 1 N–H and O–H groups in total. The van der Waals surface area contributed by atoms with Crippen LogP contribution in [0.5, 0.6) is 0 Å². The number of likely N-dealkylation sites (tertiary alicyclic amines) is 1. The normalized spacial score (nSPS) is 15.1. The Labute approximate surface area is 152 Å². The Kier molecular flexibility index (Phi) is 5.35. The van der Waals surface area contributed by atoms with Crippen LogP contribution < -0.4 is 0 Å². The number of carboxylic acid groups (broad SMARTS) is 1. The van der Waals surface area contributed by atoms with Gasteiger partial charge in [0, 0.05) is 18.7 Å². The maximum atomic E-state index is 13.2. The molecular weight excluding hydrogens is 333 g/mol. The third-order valence-corrected chi connectivity index (χ3v) is 5.08. The molecule has 4 nitrogen and oxygen atoms in total. The van der Waals surface area contributed by atoms with Crippen LogP contribution in [0.4, 0.5) is 4.39 Å². The number of benzene rings is 2. The van der Waals surface area contributed by atoms with Gasteiger partial charge in [-0.1, -0.05) is 18.2 Å². The van der Waals surface area contributed by atoms with Gasteiger partial charge in [0.05, 0.1) is 5.56 Å². The predicted molar refractivity (Wildman–Crippen MR) is 96.9 cm³/mol. The van der Waals surface area contributed by atoms with Gasteiger partial charge < -0.3 is 10.0 Å². The van der Waals surface area contributed by atoms with E-state index in [2.05, 4.69) is 0 Å². The third kappa shape index (κ3) is 3.93. The maximum absolute atomic E-state index is 13.2. The average molecular weight is 355 g/mol. The van der Waals surface area contributed by atoms with Crippen molar-refractivity contribution in [2.45, 2.75) is 26.2 Å². The molecule has 0 atom stereocenters. The Morgan fingerprint density at radius 3 is 2.46 bits per heavy atom. The monoisotopic (exact) mass is 355 g/mol. The summed E-state index contributed by atoms with van der Waals surface area (Å²) < 4.78 is 13.2. The van der Waals surface area contributed by atoms with E-state index in [4.69, 9.17) is 0 Å². The zero-order chi connectivity index (χ0) is 18.7. The first-order chi connectivity index (χ1) is 12.5. The Bertz CT molecular complexity index is 826. The number of hydrogen-bond acceptors (Lipinski definition) is 2. The lowest BCUT2D eigenvalue weighted by Gasteiger charge is -2.32. The first kappa shape index (κ1) is 18.1. The number of carbonyl (C=O) groups excluding carboxylic acids is 1. The number of rotatable bonds is 4. The largest absolute Gasteiger partial charge is 0.478 e. The van der Waals surface area contributed by atoms with E-state index in [1.807, 2.05) is 12.1 Å². The highest BCUT2D eigenvalue weighted by molar-refractivity contribution is 5.95. The molecule has 1 aliphatic heterocycles. The molecule has 0 bridgehead atoms.